The molecule has 2 aromatic carbocycles. The summed E-state index contributed by atoms with van der Waals surface area (Å²) in [5, 5.41) is 0.747. The lowest BCUT2D eigenvalue weighted by atomic mass is 10.1. The van der Waals surface area contributed by atoms with Crippen LogP contribution in [0.4, 0.5) is 4.39 Å². The Morgan fingerprint density at radius 3 is 2.50 bits per heavy atom. The largest absolute Gasteiger partial charge is 0.207 e. The van der Waals surface area contributed by atoms with Crippen molar-refractivity contribution in [1.82, 2.24) is 0 Å². The summed E-state index contributed by atoms with van der Waals surface area (Å²) in [7, 11) is 0. The van der Waals surface area contributed by atoms with Crippen molar-refractivity contribution in [3.8, 4) is 0 Å². The van der Waals surface area contributed by atoms with Gasteiger partial charge in [0, 0.05) is 5.02 Å². The van der Waals surface area contributed by atoms with Gasteiger partial charge < -0.3 is 0 Å². The van der Waals surface area contributed by atoms with E-state index in [1.165, 1.54) is 11.6 Å². The molecular weight excluding hydrogens is 247 g/mol. The molecule has 0 nitrogen and oxygen atoms in total. The zero-order valence-corrected chi connectivity index (χ0v) is 10.9. The maximum Gasteiger partial charge on any atom is 0.126 e. The summed E-state index contributed by atoms with van der Waals surface area (Å²) in [5.74, 6) is -0.162. The van der Waals surface area contributed by atoms with Crippen LogP contribution in [-0.4, -0.2) is 0 Å². The minimum atomic E-state index is -0.162. The average Bonchev–Trinajstić information content (AvgIpc) is 2.36. The monoisotopic (exact) mass is 260 g/mol. The minimum Gasteiger partial charge on any atom is -0.207 e. The zero-order valence-electron chi connectivity index (χ0n) is 10.2. The van der Waals surface area contributed by atoms with Crippen molar-refractivity contribution in [3.05, 3.63) is 76.1 Å². The minimum absolute atomic E-state index is 0.162. The summed E-state index contributed by atoms with van der Waals surface area (Å²) in [6, 6.07) is 12.9. The summed E-state index contributed by atoms with van der Waals surface area (Å²) in [4.78, 5) is 0. The quantitative estimate of drug-likeness (QED) is 0.725. The number of allylic oxidation sites excluding steroid dienone is 1. The van der Waals surface area contributed by atoms with Crippen molar-refractivity contribution in [3.63, 3.8) is 0 Å². The third kappa shape index (κ3) is 3.44. The first-order chi connectivity index (χ1) is 8.65. The van der Waals surface area contributed by atoms with Crippen LogP contribution in [0.1, 0.15) is 16.7 Å². The lowest BCUT2D eigenvalue weighted by Gasteiger charge is -1.99. The molecule has 2 rings (SSSR count). The van der Waals surface area contributed by atoms with Gasteiger partial charge >= 0.3 is 0 Å². The van der Waals surface area contributed by atoms with Crippen LogP contribution in [-0.2, 0) is 6.42 Å². The highest BCUT2D eigenvalue weighted by molar-refractivity contribution is 6.30. The van der Waals surface area contributed by atoms with Gasteiger partial charge in [-0.25, -0.2) is 4.39 Å². The van der Waals surface area contributed by atoms with Crippen LogP contribution in [0.5, 0.6) is 0 Å². The molecule has 0 aliphatic carbocycles. The standard InChI is InChI=1S/C16H14ClF/c1-12-11-14(7-10-16(12)18)4-2-3-13-5-8-15(17)9-6-13/h2,4-11H,3H2,1H3/b4-2+. The van der Waals surface area contributed by atoms with Gasteiger partial charge in [-0.05, 0) is 54.3 Å². The van der Waals surface area contributed by atoms with E-state index in [0.717, 1.165) is 17.0 Å². The summed E-state index contributed by atoms with van der Waals surface area (Å²) in [6.45, 7) is 1.77. The van der Waals surface area contributed by atoms with E-state index in [4.69, 9.17) is 11.6 Å². The third-order valence-electron chi connectivity index (χ3n) is 2.76. The summed E-state index contributed by atoms with van der Waals surface area (Å²) in [5.41, 5.74) is 2.89. The van der Waals surface area contributed by atoms with Crippen molar-refractivity contribution < 1.29 is 4.39 Å². The van der Waals surface area contributed by atoms with Gasteiger partial charge in [-0.1, -0.05) is 42.0 Å². The highest BCUT2D eigenvalue weighted by Crippen LogP contribution is 2.13. The van der Waals surface area contributed by atoms with E-state index >= 15 is 0 Å². The molecule has 0 radical (unpaired) electrons. The number of rotatable bonds is 3. The van der Waals surface area contributed by atoms with Crippen LogP contribution >= 0.6 is 11.6 Å². The van der Waals surface area contributed by atoms with Gasteiger partial charge in [-0.2, -0.15) is 0 Å². The van der Waals surface area contributed by atoms with Crippen molar-refractivity contribution in [1.29, 1.82) is 0 Å². The van der Waals surface area contributed by atoms with Crippen LogP contribution in [0, 0.1) is 12.7 Å². The van der Waals surface area contributed by atoms with Crippen molar-refractivity contribution in [2.75, 3.05) is 0 Å². The van der Waals surface area contributed by atoms with E-state index in [2.05, 4.69) is 6.08 Å². The van der Waals surface area contributed by atoms with Crippen LogP contribution in [0.3, 0.4) is 0 Å². The van der Waals surface area contributed by atoms with Crippen molar-refractivity contribution in [2.24, 2.45) is 0 Å². The molecule has 0 fully saturated rings. The first-order valence-corrected chi connectivity index (χ1v) is 6.20. The number of halogens is 2. The first kappa shape index (κ1) is 12.8. The fourth-order valence-electron chi connectivity index (χ4n) is 1.72. The molecule has 2 heteroatoms. The second kappa shape index (κ2) is 5.83. The van der Waals surface area contributed by atoms with Crippen LogP contribution < -0.4 is 0 Å². The molecule has 0 aliphatic rings. The van der Waals surface area contributed by atoms with Gasteiger partial charge in [0.2, 0.25) is 0 Å². The van der Waals surface area contributed by atoms with E-state index in [-0.39, 0.29) is 5.82 Å². The van der Waals surface area contributed by atoms with Gasteiger partial charge in [-0.15, -0.1) is 0 Å². The highest BCUT2D eigenvalue weighted by Gasteiger charge is 1.96. The van der Waals surface area contributed by atoms with Gasteiger partial charge in [0.25, 0.3) is 0 Å². The summed E-state index contributed by atoms with van der Waals surface area (Å²) in [6.07, 6.45) is 4.91. The fourth-order valence-corrected chi connectivity index (χ4v) is 1.85. The fraction of sp³-hybridized carbons (Fsp3) is 0.125. The molecule has 0 bridgehead atoms. The number of hydrogen-bond acceptors (Lipinski definition) is 0. The third-order valence-corrected chi connectivity index (χ3v) is 3.01. The van der Waals surface area contributed by atoms with Crippen molar-refractivity contribution in [2.45, 2.75) is 13.3 Å². The molecule has 0 aromatic heterocycles. The Bertz CT molecular complexity index is 556. The second-order valence-electron chi connectivity index (χ2n) is 4.24. The Morgan fingerprint density at radius 2 is 1.83 bits per heavy atom. The molecule has 0 heterocycles. The maximum atomic E-state index is 13.1. The van der Waals surface area contributed by atoms with E-state index in [1.807, 2.05) is 36.4 Å². The molecular formula is C16H14ClF. The lowest BCUT2D eigenvalue weighted by Crippen LogP contribution is -1.83. The van der Waals surface area contributed by atoms with Gasteiger partial charge in [0.1, 0.15) is 5.82 Å². The van der Waals surface area contributed by atoms with Crippen LogP contribution in [0.25, 0.3) is 6.08 Å². The van der Waals surface area contributed by atoms with E-state index in [0.29, 0.717) is 5.56 Å². The topological polar surface area (TPSA) is 0 Å². The average molecular weight is 261 g/mol. The van der Waals surface area contributed by atoms with Crippen LogP contribution in [0.15, 0.2) is 48.5 Å². The molecule has 0 saturated carbocycles. The predicted octanol–water partition coefficient (Wildman–Crippen LogP) is 5.04. The lowest BCUT2D eigenvalue weighted by molar-refractivity contribution is 0.618. The van der Waals surface area contributed by atoms with Crippen molar-refractivity contribution >= 4 is 17.7 Å². The molecule has 0 spiro atoms. The molecule has 18 heavy (non-hydrogen) atoms. The molecule has 2 aromatic rings. The Hall–Kier alpha value is -1.60. The van der Waals surface area contributed by atoms with Gasteiger partial charge in [0.05, 0.1) is 0 Å². The first-order valence-electron chi connectivity index (χ1n) is 5.82. The van der Waals surface area contributed by atoms with Crippen LogP contribution in [0.2, 0.25) is 5.02 Å². The Morgan fingerprint density at radius 1 is 1.11 bits per heavy atom. The second-order valence-corrected chi connectivity index (χ2v) is 4.68. The smallest absolute Gasteiger partial charge is 0.126 e. The molecule has 0 atom stereocenters. The predicted molar refractivity (Wildman–Crippen MR) is 75.3 cm³/mol. The summed E-state index contributed by atoms with van der Waals surface area (Å²) < 4.78 is 13.1. The van der Waals surface area contributed by atoms with E-state index in [9.17, 15) is 4.39 Å². The molecule has 0 N–H and O–H groups in total. The Labute approximate surface area is 112 Å². The number of aryl methyl sites for hydroxylation is 1. The molecule has 92 valence electrons. The Balaban J connectivity index is 2.02. The molecule has 0 unspecified atom stereocenters. The van der Waals surface area contributed by atoms with E-state index < -0.39 is 0 Å². The molecule has 0 saturated heterocycles. The zero-order chi connectivity index (χ0) is 13.0. The number of benzene rings is 2. The highest BCUT2D eigenvalue weighted by atomic mass is 35.5. The summed E-state index contributed by atoms with van der Waals surface area (Å²) >= 11 is 5.82. The van der Waals surface area contributed by atoms with E-state index in [1.54, 1.807) is 13.0 Å². The molecule has 0 aliphatic heterocycles. The molecule has 0 amide bonds. The maximum absolute atomic E-state index is 13.1. The SMILES string of the molecule is Cc1cc(/C=C/Cc2ccc(Cl)cc2)ccc1F. The van der Waals surface area contributed by atoms with Gasteiger partial charge in [-0.3, -0.25) is 0 Å². The van der Waals surface area contributed by atoms with Gasteiger partial charge in [0.15, 0.2) is 0 Å². The number of hydrogen-bond donors (Lipinski definition) is 0. The Kier molecular flexibility index (Phi) is 4.16. The normalized spacial score (nSPS) is 11.1.